The van der Waals surface area contributed by atoms with E-state index < -0.39 is 0 Å². The summed E-state index contributed by atoms with van der Waals surface area (Å²) < 4.78 is 26.5. The van der Waals surface area contributed by atoms with Crippen molar-refractivity contribution in [1.82, 2.24) is 0 Å². The molecule has 2 unspecified atom stereocenters. The number of hydrogen-bond acceptors (Lipinski definition) is 1. The molecule has 2 N–H and O–H groups in total. The quantitative estimate of drug-likeness (QED) is 0.822. The van der Waals surface area contributed by atoms with Crippen LogP contribution in [0.1, 0.15) is 31.7 Å². The molecule has 0 spiro atoms. The molecule has 1 fully saturated rings. The van der Waals surface area contributed by atoms with Crippen molar-refractivity contribution >= 4 is 0 Å². The first kappa shape index (κ1) is 11.5. The molecule has 0 aliphatic heterocycles. The van der Waals surface area contributed by atoms with Gasteiger partial charge in [-0.1, -0.05) is 6.92 Å². The van der Waals surface area contributed by atoms with Crippen molar-refractivity contribution < 1.29 is 8.78 Å². The molecule has 1 aromatic carbocycles. The van der Waals surface area contributed by atoms with Gasteiger partial charge in [0.2, 0.25) is 0 Å². The summed E-state index contributed by atoms with van der Waals surface area (Å²) in [7, 11) is 0. The molecule has 0 heterocycles. The summed E-state index contributed by atoms with van der Waals surface area (Å²) in [5, 5.41) is 0. The summed E-state index contributed by atoms with van der Waals surface area (Å²) in [6.07, 6.45) is 3.44. The molecule has 0 saturated heterocycles. The Kier molecular flexibility index (Phi) is 2.98. The molecule has 3 heteroatoms. The smallest absolute Gasteiger partial charge is 0.126 e. The van der Waals surface area contributed by atoms with Crippen LogP contribution >= 0.6 is 0 Å². The number of benzene rings is 1. The van der Waals surface area contributed by atoms with Crippen LogP contribution in [0.4, 0.5) is 8.78 Å². The van der Waals surface area contributed by atoms with Crippen LogP contribution in [0, 0.1) is 17.0 Å². The maximum absolute atomic E-state index is 13.5. The lowest BCUT2D eigenvalue weighted by Crippen LogP contribution is -2.21. The number of rotatable bonds is 2. The van der Waals surface area contributed by atoms with Gasteiger partial charge in [-0.25, -0.2) is 8.78 Å². The van der Waals surface area contributed by atoms with Crippen molar-refractivity contribution in [2.45, 2.75) is 38.6 Å². The minimum absolute atomic E-state index is 0.0219. The maximum atomic E-state index is 13.5. The fourth-order valence-electron chi connectivity index (χ4n) is 2.67. The fourth-order valence-corrected chi connectivity index (χ4v) is 2.67. The van der Waals surface area contributed by atoms with E-state index >= 15 is 0 Å². The lowest BCUT2D eigenvalue weighted by Gasteiger charge is -2.24. The Morgan fingerprint density at radius 3 is 2.81 bits per heavy atom. The highest BCUT2D eigenvalue weighted by Gasteiger charge is 2.34. The van der Waals surface area contributed by atoms with Gasteiger partial charge in [0.25, 0.3) is 0 Å². The predicted molar refractivity (Wildman–Crippen MR) is 60.0 cm³/mol. The Balaban J connectivity index is 2.17. The summed E-state index contributed by atoms with van der Waals surface area (Å²) in [5.74, 6) is -0.689. The zero-order chi connectivity index (χ0) is 11.8. The van der Waals surface area contributed by atoms with Crippen LogP contribution in [-0.4, -0.2) is 6.04 Å². The number of halogens is 2. The Labute approximate surface area is 94.7 Å². The molecule has 1 aliphatic carbocycles. The van der Waals surface area contributed by atoms with Crippen molar-refractivity contribution in [3.8, 4) is 0 Å². The summed E-state index contributed by atoms with van der Waals surface area (Å²) in [4.78, 5) is 0. The van der Waals surface area contributed by atoms with Gasteiger partial charge < -0.3 is 5.73 Å². The molecule has 16 heavy (non-hydrogen) atoms. The Hall–Kier alpha value is -0.960. The maximum Gasteiger partial charge on any atom is 0.126 e. The Bertz CT molecular complexity index is 392. The van der Waals surface area contributed by atoms with E-state index in [4.69, 9.17) is 5.73 Å². The molecule has 0 radical (unpaired) electrons. The van der Waals surface area contributed by atoms with Crippen LogP contribution in [0.2, 0.25) is 0 Å². The van der Waals surface area contributed by atoms with Crippen molar-refractivity contribution in [3.63, 3.8) is 0 Å². The largest absolute Gasteiger partial charge is 0.328 e. The Morgan fingerprint density at radius 2 is 2.19 bits per heavy atom. The van der Waals surface area contributed by atoms with E-state index in [9.17, 15) is 8.78 Å². The van der Waals surface area contributed by atoms with E-state index in [-0.39, 0.29) is 23.1 Å². The zero-order valence-electron chi connectivity index (χ0n) is 9.47. The van der Waals surface area contributed by atoms with E-state index in [0.29, 0.717) is 12.0 Å². The summed E-state index contributed by atoms with van der Waals surface area (Å²) >= 11 is 0. The van der Waals surface area contributed by atoms with Gasteiger partial charge in [0, 0.05) is 6.04 Å². The average Bonchev–Trinajstić information content (AvgIpc) is 2.52. The van der Waals surface area contributed by atoms with Gasteiger partial charge in [-0.15, -0.1) is 0 Å². The second-order valence-electron chi connectivity index (χ2n) is 5.23. The lowest BCUT2D eigenvalue weighted by molar-refractivity contribution is 0.324. The molecule has 1 aromatic rings. The van der Waals surface area contributed by atoms with Crippen LogP contribution in [0.25, 0.3) is 0 Å². The van der Waals surface area contributed by atoms with Crippen molar-refractivity contribution in [2.24, 2.45) is 11.1 Å². The molecule has 88 valence electrons. The van der Waals surface area contributed by atoms with Crippen molar-refractivity contribution in [3.05, 3.63) is 35.4 Å². The van der Waals surface area contributed by atoms with Crippen molar-refractivity contribution in [2.75, 3.05) is 0 Å². The van der Waals surface area contributed by atoms with Gasteiger partial charge >= 0.3 is 0 Å². The number of nitrogens with two attached hydrogens (primary N) is 1. The number of hydrogen-bond donors (Lipinski definition) is 1. The van der Waals surface area contributed by atoms with E-state index in [1.807, 2.05) is 0 Å². The standard InChI is InChI=1S/C13H17F2N/c1-13(5-4-11(16)8-13)7-9-6-10(14)2-3-12(9)15/h2-3,6,11H,4-5,7-8,16H2,1H3. The first-order valence-electron chi connectivity index (χ1n) is 5.68. The first-order valence-corrected chi connectivity index (χ1v) is 5.68. The van der Waals surface area contributed by atoms with E-state index in [0.717, 1.165) is 25.3 Å². The van der Waals surface area contributed by atoms with Gasteiger partial charge in [0.15, 0.2) is 0 Å². The van der Waals surface area contributed by atoms with Gasteiger partial charge in [-0.2, -0.15) is 0 Å². The molecular weight excluding hydrogens is 208 g/mol. The molecule has 0 amide bonds. The summed E-state index contributed by atoms with van der Waals surface area (Å²) in [5.41, 5.74) is 6.36. The fraction of sp³-hybridized carbons (Fsp3) is 0.538. The van der Waals surface area contributed by atoms with Crippen LogP contribution in [0.5, 0.6) is 0 Å². The second kappa shape index (κ2) is 4.13. The summed E-state index contributed by atoms with van der Waals surface area (Å²) in [6.45, 7) is 2.10. The SMILES string of the molecule is CC1(Cc2cc(F)ccc2F)CCC(N)C1. The highest BCUT2D eigenvalue weighted by Crippen LogP contribution is 2.40. The van der Waals surface area contributed by atoms with E-state index in [2.05, 4.69) is 6.92 Å². The monoisotopic (exact) mass is 225 g/mol. The second-order valence-corrected chi connectivity index (χ2v) is 5.23. The van der Waals surface area contributed by atoms with Gasteiger partial charge in [0.1, 0.15) is 11.6 Å². The molecular formula is C13H17F2N. The van der Waals surface area contributed by atoms with Gasteiger partial charge in [-0.05, 0) is 54.9 Å². The minimum Gasteiger partial charge on any atom is -0.328 e. The molecule has 1 nitrogen and oxygen atoms in total. The van der Waals surface area contributed by atoms with E-state index in [1.54, 1.807) is 0 Å². The first-order chi connectivity index (χ1) is 7.48. The van der Waals surface area contributed by atoms with Crippen LogP contribution < -0.4 is 5.73 Å². The molecule has 2 rings (SSSR count). The highest BCUT2D eigenvalue weighted by atomic mass is 19.1. The molecule has 1 saturated carbocycles. The van der Waals surface area contributed by atoms with Crippen LogP contribution in [0.15, 0.2) is 18.2 Å². The normalized spacial score (nSPS) is 29.6. The third-order valence-electron chi connectivity index (χ3n) is 3.50. The molecule has 1 aliphatic rings. The van der Waals surface area contributed by atoms with Gasteiger partial charge in [-0.3, -0.25) is 0 Å². The highest BCUT2D eigenvalue weighted by molar-refractivity contribution is 5.20. The third-order valence-corrected chi connectivity index (χ3v) is 3.50. The Morgan fingerprint density at radius 1 is 1.44 bits per heavy atom. The lowest BCUT2D eigenvalue weighted by atomic mass is 9.82. The molecule has 0 aromatic heterocycles. The third kappa shape index (κ3) is 2.40. The van der Waals surface area contributed by atoms with Crippen LogP contribution in [-0.2, 0) is 6.42 Å². The van der Waals surface area contributed by atoms with Crippen molar-refractivity contribution in [1.29, 1.82) is 0 Å². The summed E-state index contributed by atoms with van der Waals surface area (Å²) in [6, 6.07) is 3.86. The van der Waals surface area contributed by atoms with Gasteiger partial charge in [0.05, 0.1) is 0 Å². The average molecular weight is 225 g/mol. The zero-order valence-corrected chi connectivity index (χ0v) is 9.47. The molecule has 0 bridgehead atoms. The topological polar surface area (TPSA) is 26.0 Å². The van der Waals surface area contributed by atoms with E-state index in [1.165, 1.54) is 12.1 Å². The predicted octanol–water partition coefficient (Wildman–Crippen LogP) is 3.02. The molecule has 2 atom stereocenters. The minimum atomic E-state index is -0.373. The van der Waals surface area contributed by atoms with Crippen LogP contribution in [0.3, 0.4) is 0 Å².